The molecule has 0 amide bonds. The fourth-order valence-electron chi connectivity index (χ4n) is 3.29. The highest BCUT2D eigenvalue weighted by molar-refractivity contribution is 5.79. The first-order chi connectivity index (χ1) is 11.8. The van der Waals surface area contributed by atoms with E-state index in [2.05, 4.69) is 36.0 Å². The van der Waals surface area contributed by atoms with Crippen LogP contribution in [0.3, 0.4) is 0 Å². The molecule has 1 aliphatic rings. The third-order valence-corrected chi connectivity index (χ3v) is 4.71. The van der Waals surface area contributed by atoms with Crippen molar-refractivity contribution in [3.8, 4) is 0 Å². The summed E-state index contributed by atoms with van der Waals surface area (Å²) in [4.78, 5) is 5.43. The van der Waals surface area contributed by atoms with Crippen molar-refractivity contribution >= 4 is 12.3 Å². The Morgan fingerprint density at radius 2 is 1.79 bits per heavy atom. The number of hydrogen-bond acceptors (Lipinski definition) is 2. The Bertz CT molecular complexity index is 681. The Labute approximate surface area is 144 Å². The van der Waals surface area contributed by atoms with Gasteiger partial charge in [-0.05, 0) is 47.1 Å². The summed E-state index contributed by atoms with van der Waals surface area (Å²) in [5, 5.41) is 4.12. The lowest BCUT2D eigenvalue weighted by molar-refractivity contribution is 0.132. The molecule has 24 heavy (non-hydrogen) atoms. The Morgan fingerprint density at radius 1 is 1.00 bits per heavy atom. The smallest absolute Gasteiger partial charge is 0.142 e. The fraction of sp³-hybridized carbons (Fsp3) is 0.318. The molecule has 1 fully saturated rings. The van der Waals surface area contributed by atoms with Gasteiger partial charge in [0, 0.05) is 0 Å². The molecule has 0 aliphatic heterocycles. The number of hydrogen-bond donors (Lipinski definition) is 0. The van der Waals surface area contributed by atoms with Crippen molar-refractivity contribution in [1.82, 2.24) is 0 Å². The predicted molar refractivity (Wildman–Crippen MR) is 101 cm³/mol. The van der Waals surface area contributed by atoms with E-state index in [1.165, 1.54) is 37.7 Å². The molecule has 124 valence electrons. The molecule has 0 spiro atoms. The summed E-state index contributed by atoms with van der Waals surface area (Å²) in [5.41, 5.74) is 4.77. The molecule has 0 unspecified atom stereocenters. The van der Waals surface area contributed by atoms with E-state index in [-0.39, 0.29) is 0 Å². The molecule has 2 heteroatoms. The third kappa shape index (κ3) is 4.58. The largest absolute Gasteiger partial charge is 0.391 e. The Morgan fingerprint density at radius 3 is 2.54 bits per heavy atom. The standard InChI is InChI=1S/C22H25NO/c1-2-18-11-13-19(14-12-18)17-24-23-16-20-7-6-10-22(15-20)21-8-4-3-5-9-21/h2,6-7,10-16,21H,1,3-5,8-9,17H2. The molecule has 2 nitrogen and oxygen atoms in total. The van der Waals surface area contributed by atoms with E-state index in [0.717, 1.165) is 22.6 Å². The monoisotopic (exact) mass is 319 g/mol. The van der Waals surface area contributed by atoms with E-state index >= 15 is 0 Å². The molecular weight excluding hydrogens is 294 g/mol. The van der Waals surface area contributed by atoms with Crippen molar-refractivity contribution in [2.75, 3.05) is 0 Å². The average molecular weight is 319 g/mol. The van der Waals surface area contributed by atoms with Crippen LogP contribution in [0.15, 0.2) is 60.3 Å². The van der Waals surface area contributed by atoms with Crippen LogP contribution in [0, 0.1) is 0 Å². The summed E-state index contributed by atoms with van der Waals surface area (Å²) >= 11 is 0. The van der Waals surface area contributed by atoms with E-state index in [1.807, 2.05) is 36.6 Å². The summed E-state index contributed by atoms with van der Waals surface area (Å²) < 4.78 is 0. The zero-order valence-corrected chi connectivity index (χ0v) is 14.2. The van der Waals surface area contributed by atoms with Gasteiger partial charge in [-0.3, -0.25) is 0 Å². The maximum absolute atomic E-state index is 5.43. The van der Waals surface area contributed by atoms with Crippen molar-refractivity contribution in [3.05, 3.63) is 77.4 Å². The topological polar surface area (TPSA) is 21.6 Å². The number of nitrogens with zero attached hydrogens (tertiary/aromatic N) is 1. The van der Waals surface area contributed by atoms with E-state index < -0.39 is 0 Å². The van der Waals surface area contributed by atoms with Gasteiger partial charge in [0.2, 0.25) is 0 Å². The zero-order valence-electron chi connectivity index (χ0n) is 14.2. The van der Waals surface area contributed by atoms with Gasteiger partial charge in [-0.1, -0.05) is 79.5 Å². The minimum Gasteiger partial charge on any atom is -0.391 e. The van der Waals surface area contributed by atoms with Gasteiger partial charge in [0.15, 0.2) is 0 Å². The first-order valence-corrected chi connectivity index (χ1v) is 8.82. The molecule has 0 bridgehead atoms. The van der Waals surface area contributed by atoms with Gasteiger partial charge in [-0.15, -0.1) is 0 Å². The van der Waals surface area contributed by atoms with Crippen molar-refractivity contribution in [1.29, 1.82) is 0 Å². The first kappa shape index (κ1) is 16.5. The molecule has 0 aromatic heterocycles. The van der Waals surface area contributed by atoms with Crippen LogP contribution in [0.2, 0.25) is 0 Å². The molecule has 0 heterocycles. The number of benzene rings is 2. The zero-order chi connectivity index (χ0) is 16.6. The van der Waals surface area contributed by atoms with Gasteiger partial charge in [0.25, 0.3) is 0 Å². The highest BCUT2D eigenvalue weighted by Crippen LogP contribution is 2.32. The Kier molecular flexibility index (Phi) is 5.84. The third-order valence-electron chi connectivity index (χ3n) is 4.71. The number of oxime groups is 1. The summed E-state index contributed by atoms with van der Waals surface area (Å²) in [5.74, 6) is 0.719. The van der Waals surface area contributed by atoms with Crippen LogP contribution in [-0.4, -0.2) is 6.21 Å². The molecular formula is C22H25NO. The molecule has 1 saturated carbocycles. The van der Waals surface area contributed by atoms with Crippen LogP contribution in [0.5, 0.6) is 0 Å². The van der Waals surface area contributed by atoms with Crippen molar-refractivity contribution in [2.45, 2.75) is 44.6 Å². The van der Waals surface area contributed by atoms with Crippen LogP contribution in [0.4, 0.5) is 0 Å². The molecule has 2 aromatic carbocycles. The molecule has 1 aliphatic carbocycles. The lowest BCUT2D eigenvalue weighted by Crippen LogP contribution is -2.04. The normalized spacial score (nSPS) is 15.5. The van der Waals surface area contributed by atoms with Gasteiger partial charge in [-0.2, -0.15) is 0 Å². The van der Waals surface area contributed by atoms with Crippen LogP contribution in [-0.2, 0) is 11.4 Å². The predicted octanol–water partition coefficient (Wildman–Crippen LogP) is 5.93. The van der Waals surface area contributed by atoms with Crippen molar-refractivity contribution in [3.63, 3.8) is 0 Å². The second kappa shape index (κ2) is 8.49. The minimum atomic E-state index is 0.482. The molecule has 0 N–H and O–H groups in total. The summed E-state index contributed by atoms with van der Waals surface area (Å²) in [6.45, 7) is 4.24. The second-order valence-corrected chi connectivity index (χ2v) is 6.46. The highest BCUT2D eigenvalue weighted by atomic mass is 16.6. The summed E-state index contributed by atoms with van der Waals surface area (Å²) in [6.07, 6.45) is 10.4. The minimum absolute atomic E-state index is 0.482. The van der Waals surface area contributed by atoms with E-state index in [0.29, 0.717) is 6.61 Å². The van der Waals surface area contributed by atoms with Gasteiger partial charge in [0.05, 0.1) is 6.21 Å². The van der Waals surface area contributed by atoms with Crippen molar-refractivity contribution in [2.24, 2.45) is 5.16 Å². The molecule has 0 saturated heterocycles. The van der Waals surface area contributed by atoms with E-state index in [9.17, 15) is 0 Å². The molecule has 2 aromatic rings. The van der Waals surface area contributed by atoms with Gasteiger partial charge in [-0.25, -0.2) is 0 Å². The van der Waals surface area contributed by atoms with Gasteiger partial charge < -0.3 is 4.84 Å². The average Bonchev–Trinajstić information content (AvgIpc) is 2.67. The SMILES string of the molecule is C=Cc1ccc(CON=Cc2cccc(C3CCCCC3)c2)cc1. The second-order valence-electron chi connectivity index (χ2n) is 6.46. The molecule has 0 atom stereocenters. The van der Waals surface area contributed by atoms with Crippen LogP contribution < -0.4 is 0 Å². The summed E-state index contributed by atoms with van der Waals surface area (Å²) in [7, 11) is 0. The van der Waals surface area contributed by atoms with Crippen molar-refractivity contribution < 1.29 is 4.84 Å². The Hall–Kier alpha value is -2.35. The lowest BCUT2D eigenvalue weighted by atomic mass is 9.84. The first-order valence-electron chi connectivity index (χ1n) is 8.82. The summed E-state index contributed by atoms with van der Waals surface area (Å²) in [6, 6.07) is 16.8. The van der Waals surface area contributed by atoms with Crippen LogP contribution in [0.25, 0.3) is 6.08 Å². The maximum atomic E-state index is 5.43. The fourth-order valence-corrected chi connectivity index (χ4v) is 3.29. The number of rotatable bonds is 6. The van der Waals surface area contributed by atoms with Crippen LogP contribution in [0.1, 0.15) is 60.3 Å². The highest BCUT2D eigenvalue weighted by Gasteiger charge is 2.15. The quantitative estimate of drug-likeness (QED) is 0.478. The molecule has 0 radical (unpaired) electrons. The van der Waals surface area contributed by atoms with Gasteiger partial charge >= 0.3 is 0 Å². The lowest BCUT2D eigenvalue weighted by Gasteiger charge is -2.22. The van der Waals surface area contributed by atoms with E-state index in [4.69, 9.17) is 4.84 Å². The molecule has 3 rings (SSSR count). The van der Waals surface area contributed by atoms with Crippen LogP contribution >= 0.6 is 0 Å². The van der Waals surface area contributed by atoms with E-state index in [1.54, 1.807) is 0 Å². The van der Waals surface area contributed by atoms with Gasteiger partial charge in [0.1, 0.15) is 6.61 Å². The Balaban J connectivity index is 1.54. The maximum Gasteiger partial charge on any atom is 0.142 e.